The molecule has 0 spiro atoms. The maximum absolute atomic E-state index is 11.6. The first-order valence-corrected chi connectivity index (χ1v) is 14.2. The van der Waals surface area contributed by atoms with Gasteiger partial charge in [-0.3, -0.25) is 4.79 Å². The third-order valence-corrected chi connectivity index (χ3v) is 8.35. The number of fused-ring (bicyclic) bond motifs is 1. The van der Waals surface area contributed by atoms with Gasteiger partial charge in [0.05, 0.1) is 26.2 Å². The van der Waals surface area contributed by atoms with Gasteiger partial charge in [-0.05, 0) is 82.0 Å². The van der Waals surface area contributed by atoms with Crippen molar-refractivity contribution in [2.45, 2.75) is 70.5 Å². The van der Waals surface area contributed by atoms with Crippen molar-refractivity contribution in [1.29, 1.82) is 0 Å². The van der Waals surface area contributed by atoms with E-state index in [0.29, 0.717) is 43.5 Å². The number of methoxy groups -OCH3 is 2. The van der Waals surface area contributed by atoms with E-state index in [2.05, 4.69) is 37.4 Å². The van der Waals surface area contributed by atoms with Gasteiger partial charge in [0, 0.05) is 42.9 Å². The lowest BCUT2D eigenvalue weighted by Crippen LogP contribution is -2.43. The lowest BCUT2D eigenvalue weighted by Gasteiger charge is -2.36. The molecule has 3 aromatic rings. The lowest BCUT2D eigenvalue weighted by molar-refractivity contribution is -0.143. The quantitative estimate of drug-likeness (QED) is 0.291. The number of aromatic nitrogens is 3. The van der Waals surface area contributed by atoms with Crippen LogP contribution in [0.1, 0.15) is 63.5 Å². The van der Waals surface area contributed by atoms with Crippen LogP contribution in [0.4, 0.5) is 5.82 Å². The van der Waals surface area contributed by atoms with Crippen LogP contribution < -0.4 is 20.1 Å². The van der Waals surface area contributed by atoms with Crippen LogP contribution >= 0.6 is 0 Å². The lowest BCUT2D eigenvalue weighted by atomic mass is 9.77. The highest BCUT2D eigenvalue weighted by Gasteiger charge is 2.32. The molecule has 0 amide bonds. The Bertz CT molecular complexity index is 1260. The number of anilines is 1. The van der Waals surface area contributed by atoms with E-state index < -0.39 is 0 Å². The number of nitrogens with zero attached hydrogens (tertiary/aromatic N) is 3. The Morgan fingerprint density at radius 3 is 2.74 bits per heavy atom. The van der Waals surface area contributed by atoms with Crippen LogP contribution in [0.3, 0.4) is 0 Å². The molecule has 2 N–H and O–H groups in total. The van der Waals surface area contributed by atoms with Crippen molar-refractivity contribution in [1.82, 2.24) is 19.9 Å². The molecule has 2 unspecified atom stereocenters. The van der Waals surface area contributed by atoms with Crippen LogP contribution in [-0.4, -0.2) is 53.9 Å². The fourth-order valence-electron chi connectivity index (χ4n) is 6.10. The largest absolute Gasteiger partial charge is 0.497 e. The van der Waals surface area contributed by atoms with Gasteiger partial charge in [0.25, 0.3) is 0 Å². The predicted octanol–water partition coefficient (Wildman–Crippen LogP) is 5.11. The number of hydrogen-bond donors (Lipinski definition) is 2. The zero-order valence-electron chi connectivity index (χ0n) is 23.3. The molecular weight excluding hydrogens is 494 g/mol. The third kappa shape index (κ3) is 6.46. The number of rotatable bonds is 13. The molecule has 0 bridgehead atoms. The Kier molecular flexibility index (Phi) is 8.86. The Morgan fingerprint density at radius 1 is 1.08 bits per heavy atom. The maximum Gasteiger partial charge on any atom is 0.305 e. The normalized spacial score (nSPS) is 22.4. The third-order valence-electron chi connectivity index (χ3n) is 8.35. The number of benzene rings is 1. The van der Waals surface area contributed by atoms with E-state index in [4.69, 9.17) is 14.2 Å². The van der Waals surface area contributed by atoms with E-state index in [9.17, 15) is 4.79 Å². The highest BCUT2D eigenvalue weighted by atomic mass is 16.5. The van der Waals surface area contributed by atoms with E-state index in [0.717, 1.165) is 53.3 Å². The molecule has 2 aromatic heterocycles. The van der Waals surface area contributed by atoms with Crippen molar-refractivity contribution in [3.63, 3.8) is 0 Å². The SMILES string of the molecule is CCOC(=O)CCC1CC(NCC2CCC(n3ccc4c(NCc5ccc(OC)cc5OC)ncnc43)C2)C1. The predicted molar refractivity (Wildman–Crippen MR) is 151 cm³/mol. The molecule has 39 heavy (non-hydrogen) atoms. The first kappa shape index (κ1) is 27.2. The number of carbonyl (C=O) groups is 1. The summed E-state index contributed by atoms with van der Waals surface area (Å²) in [5.41, 5.74) is 2.02. The van der Waals surface area contributed by atoms with E-state index in [-0.39, 0.29) is 5.97 Å². The first-order chi connectivity index (χ1) is 19.1. The fraction of sp³-hybridized carbons (Fsp3) is 0.567. The van der Waals surface area contributed by atoms with E-state index in [1.165, 1.54) is 25.7 Å². The van der Waals surface area contributed by atoms with E-state index in [1.54, 1.807) is 20.5 Å². The van der Waals surface area contributed by atoms with Gasteiger partial charge in [-0.1, -0.05) is 0 Å². The van der Waals surface area contributed by atoms with Crippen LogP contribution in [0.15, 0.2) is 36.8 Å². The molecule has 0 radical (unpaired) electrons. The van der Waals surface area contributed by atoms with Crippen molar-refractivity contribution in [3.8, 4) is 11.5 Å². The van der Waals surface area contributed by atoms with Gasteiger partial charge in [-0.15, -0.1) is 0 Å². The summed E-state index contributed by atoms with van der Waals surface area (Å²) in [5.74, 6) is 3.65. The second kappa shape index (κ2) is 12.7. The summed E-state index contributed by atoms with van der Waals surface area (Å²) in [6.07, 6.45) is 11.2. The van der Waals surface area contributed by atoms with Crippen molar-refractivity contribution in [3.05, 3.63) is 42.4 Å². The molecule has 2 atom stereocenters. The van der Waals surface area contributed by atoms with Crippen LogP contribution in [0.5, 0.6) is 11.5 Å². The molecule has 0 saturated heterocycles. The minimum Gasteiger partial charge on any atom is -0.497 e. The summed E-state index contributed by atoms with van der Waals surface area (Å²) in [7, 11) is 3.32. The number of esters is 1. The van der Waals surface area contributed by atoms with Crippen LogP contribution in [0.2, 0.25) is 0 Å². The van der Waals surface area contributed by atoms with Crippen LogP contribution in [0.25, 0.3) is 11.0 Å². The maximum atomic E-state index is 11.6. The molecule has 210 valence electrons. The molecule has 2 heterocycles. The molecule has 5 rings (SSSR count). The minimum absolute atomic E-state index is 0.0610. The summed E-state index contributed by atoms with van der Waals surface area (Å²) < 4.78 is 18.2. The van der Waals surface area contributed by atoms with Gasteiger partial charge >= 0.3 is 5.97 Å². The van der Waals surface area contributed by atoms with Gasteiger partial charge in [-0.2, -0.15) is 0 Å². The number of hydrogen-bond acceptors (Lipinski definition) is 8. The molecule has 2 saturated carbocycles. The second-order valence-corrected chi connectivity index (χ2v) is 10.8. The molecular formula is C30H41N5O4. The molecule has 0 aliphatic heterocycles. The smallest absolute Gasteiger partial charge is 0.305 e. The van der Waals surface area contributed by atoms with Gasteiger partial charge < -0.3 is 29.4 Å². The molecule has 2 fully saturated rings. The second-order valence-electron chi connectivity index (χ2n) is 10.8. The van der Waals surface area contributed by atoms with Gasteiger partial charge in [-0.25, -0.2) is 9.97 Å². The molecule has 2 aliphatic rings. The average Bonchev–Trinajstić information content (AvgIpc) is 3.58. The monoisotopic (exact) mass is 535 g/mol. The van der Waals surface area contributed by atoms with Crippen molar-refractivity contribution in [2.75, 3.05) is 32.7 Å². The number of carbonyl (C=O) groups excluding carboxylic acids is 1. The van der Waals surface area contributed by atoms with Gasteiger partial charge in [0.15, 0.2) is 0 Å². The van der Waals surface area contributed by atoms with Crippen LogP contribution in [-0.2, 0) is 16.1 Å². The molecule has 1 aromatic carbocycles. The van der Waals surface area contributed by atoms with Crippen LogP contribution in [0, 0.1) is 11.8 Å². The first-order valence-electron chi connectivity index (χ1n) is 14.2. The van der Waals surface area contributed by atoms with Crippen molar-refractivity contribution >= 4 is 22.8 Å². The van der Waals surface area contributed by atoms with Gasteiger partial charge in [0.2, 0.25) is 0 Å². The van der Waals surface area contributed by atoms with E-state index in [1.807, 2.05) is 25.1 Å². The zero-order chi connectivity index (χ0) is 27.2. The van der Waals surface area contributed by atoms with Crippen molar-refractivity contribution in [2.24, 2.45) is 11.8 Å². The summed E-state index contributed by atoms with van der Waals surface area (Å²) in [5, 5.41) is 8.30. The van der Waals surface area contributed by atoms with Crippen molar-refractivity contribution < 1.29 is 19.0 Å². The number of ether oxygens (including phenoxy) is 3. The summed E-state index contributed by atoms with van der Waals surface area (Å²) in [6.45, 7) is 3.99. The zero-order valence-corrected chi connectivity index (χ0v) is 23.3. The Morgan fingerprint density at radius 2 is 1.95 bits per heavy atom. The highest BCUT2D eigenvalue weighted by Crippen LogP contribution is 2.38. The Hall–Kier alpha value is -3.33. The Balaban J connectivity index is 1.12. The molecule has 2 aliphatic carbocycles. The summed E-state index contributed by atoms with van der Waals surface area (Å²) in [4.78, 5) is 20.8. The fourth-order valence-corrected chi connectivity index (χ4v) is 6.10. The molecule has 9 heteroatoms. The van der Waals surface area contributed by atoms with E-state index >= 15 is 0 Å². The highest BCUT2D eigenvalue weighted by molar-refractivity contribution is 5.87. The topological polar surface area (TPSA) is 99.5 Å². The minimum atomic E-state index is -0.0610. The average molecular weight is 536 g/mol. The van der Waals surface area contributed by atoms with Gasteiger partial charge in [0.1, 0.15) is 29.3 Å². The molecule has 9 nitrogen and oxygen atoms in total. The standard InChI is InChI=1S/C30H41N5O4/c1-4-39-28(36)10-6-20-13-23(14-20)31-17-21-5-8-24(15-21)35-12-11-26-29(33-19-34-30(26)35)32-18-22-7-9-25(37-2)16-27(22)38-3/h7,9,11-12,16,19-21,23-24,31H,4-6,8,10,13-15,17-18H2,1-3H3,(H,32,33,34). The number of nitrogens with one attached hydrogen (secondary N) is 2. The summed E-state index contributed by atoms with van der Waals surface area (Å²) in [6, 6.07) is 9.01. The Labute approximate surface area is 230 Å². The summed E-state index contributed by atoms with van der Waals surface area (Å²) >= 11 is 0.